The van der Waals surface area contributed by atoms with Gasteiger partial charge in [-0.2, -0.15) is 0 Å². The predicted molar refractivity (Wildman–Crippen MR) is 131 cm³/mol. The molecule has 1 aromatic carbocycles. The first-order chi connectivity index (χ1) is 16.0. The van der Waals surface area contributed by atoms with Crippen LogP contribution in [0.25, 0.3) is 0 Å². The van der Waals surface area contributed by atoms with Gasteiger partial charge in [-0.25, -0.2) is 4.79 Å². The second-order valence-electron chi connectivity index (χ2n) is 10.0. The van der Waals surface area contributed by atoms with Crippen LogP contribution in [0.3, 0.4) is 0 Å². The normalized spacial score (nSPS) is 18.7. The minimum absolute atomic E-state index is 0.218. The molecule has 190 valence electrons. The molecule has 0 radical (unpaired) electrons. The SMILES string of the molecule is COC(=O)C(NC(=O)C(NC(=O)C1CCCC1)(C(C)C)[C@@H](O)[C@@H](N)Cc1ccccc1)C(C)C. The molecule has 0 saturated heterocycles. The van der Waals surface area contributed by atoms with Gasteiger partial charge in [0.1, 0.15) is 17.7 Å². The summed E-state index contributed by atoms with van der Waals surface area (Å²) >= 11 is 0. The summed E-state index contributed by atoms with van der Waals surface area (Å²) in [6, 6.07) is 7.66. The Morgan fingerprint density at radius 1 is 1.12 bits per heavy atom. The van der Waals surface area contributed by atoms with Crippen LogP contribution >= 0.6 is 0 Å². The summed E-state index contributed by atoms with van der Waals surface area (Å²) in [6.45, 7) is 7.09. The van der Waals surface area contributed by atoms with E-state index in [1.54, 1.807) is 27.7 Å². The standard InChI is InChI=1S/C26H41N3O5/c1-16(2)21(24(32)34-5)28-25(33)26(17(3)4,29-23(31)19-13-9-10-14-19)22(30)20(27)15-18-11-7-6-8-12-18/h6-8,11-12,16-17,19-22,30H,9-10,13-15,27H2,1-5H3,(H,28,33)(H,29,31)/t20-,21?,22-,26?/m0/s1. The molecule has 4 atom stereocenters. The maximum absolute atomic E-state index is 13.8. The van der Waals surface area contributed by atoms with Crippen molar-refractivity contribution in [1.82, 2.24) is 10.6 Å². The van der Waals surface area contributed by atoms with Crippen LogP contribution in [0, 0.1) is 17.8 Å². The highest BCUT2D eigenvalue weighted by Crippen LogP contribution is 2.30. The molecule has 0 aromatic heterocycles. The summed E-state index contributed by atoms with van der Waals surface area (Å²) in [6.07, 6.45) is 2.30. The van der Waals surface area contributed by atoms with E-state index in [-0.39, 0.29) is 17.7 Å². The summed E-state index contributed by atoms with van der Waals surface area (Å²) in [5.41, 5.74) is 5.62. The number of aliphatic hydroxyl groups is 1. The average Bonchev–Trinajstić information content (AvgIpc) is 3.35. The number of hydrogen-bond donors (Lipinski definition) is 4. The highest BCUT2D eigenvalue weighted by Gasteiger charge is 2.52. The van der Waals surface area contributed by atoms with Crippen LogP contribution in [-0.4, -0.2) is 53.7 Å². The van der Waals surface area contributed by atoms with E-state index in [4.69, 9.17) is 10.5 Å². The Bertz CT molecular complexity index is 823. The van der Waals surface area contributed by atoms with Crippen LogP contribution in [0.1, 0.15) is 58.9 Å². The maximum Gasteiger partial charge on any atom is 0.328 e. The van der Waals surface area contributed by atoms with Crippen LogP contribution < -0.4 is 16.4 Å². The van der Waals surface area contributed by atoms with Crippen LogP contribution in [0.4, 0.5) is 0 Å². The molecule has 0 aliphatic heterocycles. The molecule has 1 aliphatic carbocycles. The van der Waals surface area contributed by atoms with Gasteiger partial charge < -0.3 is 26.2 Å². The molecule has 0 spiro atoms. The zero-order chi connectivity index (χ0) is 25.5. The fourth-order valence-corrected chi connectivity index (χ4v) is 4.73. The smallest absolute Gasteiger partial charge is 0.328 e. The summed E-state index contributed by atoms with van der Waals surface area (Å²) in [5, 5.41) is 17.2. The molecule has 1 aliphatic rings. The van der Waals surface area contributed by atoms with Gasteiger partial charge in [0.2, 0.25) is 11.8 Å². The van der Waals surface area contributed by atoms with Crippen molar-refractivity contribution in [2.45, 2.75) is 83.5 Å². The molecule has 1 fully saturated rings. The number of methoxy groups -OCH3 is 1. The molecule has 34 heavy (non-hydrogen) atoms. The predicted octanol–water partition coefficient (Wildman–Crippen LogP) is 1.93. The van der Waals surface area contributed by atoms with Crippen LogP contribution in [-0.2, 0) is 25.5 Å². The van der Waals surface area contributed by atoms with Gasteiger partial charge in [-0.3, -0.25) is 9.59 Å². The van der Waals surface area contributed by atoms with Gasteiger partial charge in [0.15, 0.2) is 0 Å². The highest BCUT2D eigenvalue weighted by atomic mass is 16.5. The largest absolute Gasteiger partial charge is 0.467 e. The quantitative estimate of drug-likeness (QED) is 0.362. The molecule has 5 N–H and O–H groups in total. The van der Waals surface area contributed by atoms with E-state index >= 15 is 0 Å². The lowest BCUT2D eigenvalue weighted by Crippen LogP contribution is -2.73. The first-order valence-corrected chi connectivity index (χ1v) is 12.2. The van der Waals surface area contributed by atoms with E-state index in [1.165, 1.54) is 7.11 Å². The molecule has 0 heterocycles. The summed E-state index contributed by atoms with van der Waals surface area (Å²) in [5.74, 6) is -2.50. The maximum atomic E-state index is 13.8. The minimum atomic E-state index is -1.73. The topological polar surface area (TPSA) is 131 Å². The summed E-state index contributed by atoms with van der Waals surface area (Å²) in [4.78, 5) is 39.4. The number of esters is 1. The number of hydrogen-bond acceptors (Lipinski definition) is 6. The number of carbonyl (C=O) groups excluding carboxylic acids is 3. The average molecular weight is 476 g/mol. The molecular weight excluding hydrogens is 434 g/mol. The van der Waals surface area contributed by atoms with Gasteiger partial charge in [0, 0.05) is 12.0 Å². The van der Waals surface area contributed by atoms with Gasteiger partial charge in [-0.15, -0.1) is 0 Å². The monoisotopic (exact) mass is 475 g/mol. The lowest BCUT2D eigenvalue weighted by Gasteiger charge is -2.44. The first-order valence-electron chi connectivity index (χ1n) is 12.2. The lowest BCUT2D eigenvalue weighted by molar-refractivity contribution is -0.151. The van der Waals surface area contributed by atoms with Crippen molar-refractivity contribution in [1.29, 1.82) is 0 Å². The minimum Gasteiger partial charge on any atom is -0.467 e. The molecule has 2 unspecified atom stereocenters. The fourth-order valence-electron chi connectivity index (χ4n) is 4.73. The molecule has 2 amide bonds. The number of rotatable bonds is 11. The van der Waals surface area contributed by atoms with E-state index in [0.717, 1.165) is 31.2 Å². The molecule has 0 bridgehead atoms. The summed E-state index contributed by atoms with van der Waals surface area (Å²) < 4.78 is 4.87. The van der Waals surface area contributed by atoms with Crippen molar-refractivity contribution in [3.05, 3.63) is 35.9 Å². The number of nitrogens with one attached hydrogen (secondary N) is 2. The third-order valence-electron chi connectivity index (χ3n) is 6.94. The molecule has 1 saturated carbocycles. The summed E-state index contributed by atoms with van der Waals surface area (Å²) in [7, 11) is 1.26. The van der Waals surface area contributed by atoms with Gasteiger partial charge in [-0.05, 0) is 36.7 Å². The second-order valence-corrected chi connectivity index (χ2v) is 10.0. The van der Waals surface area contributed by atoms with Gasteiger partial charge in [0.25, 0.3) is 0 Å². The fraction of sp³-hybridized carbons (Fsp3) is 0.654. The van der Waals surface area contributed by atoms with Gasteiger partial charge in [0.05, 0.1) is 7.11 Å². The molecule has 8 nitrogen and oxygen atoms in total. The Morgan fingerprint density at radius 2 is 1.71 bits per heavy atom. The van der Waals surface area contributed by atoms with Gasteiger partial charge in [-0.1, -0.05) is 70.9 Å². The number of benzene rings is 1. The van der Waals surface area contributed by atoms with Crippen LogP contribution in [0.2, 0.25) is 0 Å². The Morgan fingerprint density at radius 3 is 2.21 bits per heavy atom. The zero-order valence-electron chi connectivity index (χ0n) is 21.0. The van der Waals surface area contributed by atoms with E-state index < -0.39 is 41.5 Å². The zero-order valence-corrected chi connectivity index (χ0v) is 21.0. The Labute approximate surface area is 203 Å². The van der Waals surface area contributed by atoms with E-state index in [0.29, 0.717) is 6.42 Å². The first kappa shape index (κ1) is 27.8. The molecule has 2 rings (SSSR count). The van der Waals surface area contributed by atoms with Crippen LogP contribution in [0.15, 0.2) is 30.3 Å². The van der Waals surface area contributed by atoms with E-state index in [9.17, 15) is 19.5 Å². The van der Waals surface area contributed by atoms with Crippen molar-refractivity contribution in [2.24, 2.45) is 23.5 Å². The highest BCUT2D eigenvalue weighted by molar-refractivity contribution is 5.95. The Hall–Kier alpha value is -2.45. The van der Waals surface area contributed by atoms with Crippen molar-refractivity contribution in [3.63, 3.8) is 0 Å². The van der Waals surface area contributed by atoms with Crippen molar-refractivity contribution in [2.75, 3.05) is 7.11 Å². The third kappa shape index (κ3) is 6.36. The van der Waals surface area contributed by atoms with Crippen molar-refractivity contribution >= 4 is 17.8 Å². The van der Waals surface area contributed by atoms with Crippen molar-refractivity contribution < 1.29 is 24.2 Å². The van der Waals surface area contributed by atoms with Crippen molar-refractivity contribution in [3.8, 4) is 0 Å². The molecule has 8 heteroatoms. The van der Waals surface area contributed by atoms with E-state index in [2.05, 4.69) is 10.6 Å². The Kier molecular flexibility index (Phi) is 10.1. The van der Waals surface area contributed by atoms with Crippen LogP contribution in [0.5, 0.6) is 0 Å². The lowest BCUT2D eigenvalue weighted by atomic mass is 9.75. The number of ether oxygens (including phenoxy) is 1. The molecular formula is C26H41N3O5. The second kappa shape index (κ2) is 12.3. The number of amides is 2. The number of carbonyl (C=O) groups is 3. The number of nitrogens with two attached hydrogens (primary N) is 1. The Balaban J connectivity index is 2.43. The molecule has 1 aromatic rings. The third-order valence-corrected chi connectivity index (χ3v) is 6.94. The van der Waals surface area contributed by atoms with Gasteiger partial charge >= 0.3 is 5.97 Å². The number of aliphatic hydroxyl groups excluding tert-OH is 1. The van der Waals surface area contributed by atoms with E-state index in [1.807, 2.05) is 30.3 Å².